The van der Waals surface area contributed by atoms with Gasteiger partial charge < -0.3 is 14.0 Å². The number of methoxy groups -OCH3 is 1. The van der Waals surface area contributed by atoms with Crippen LogP contribution in [0.25, 0.3) is 27.5 Å². The molecule has 4 rings (SSSR count). The third kappa shape index (κ3) is 6.04. The molecule has 1 heterocycles. The predicted molar refractivity (Wildman–Crippen MR) is 168 cm³/mol. The highest BCUT2D eigenvalue weighted by Gasteiger charge is 2.29. The Morgan fingerprint density at radius 3 is 1.54 bits per heavy atom. The molecule has 0 amide bonds. The van der Waals surface area contributed by atoms with Gasteiger partial charge in [-0.3, -0.25) is 0 Å². The maximum absolute atomic E-state index is 6.19. The fourth-order valence-electron chi connectivity index (χ4n) is 6.00. The van der Waals surface area contributed by atoms with E-state index in [2.05, 4.69) is 135 Å². The average Bonchev–Trinajstić information content (AvgIpc) is 3.13. The van der Waals surface area contributed by atoms with Crippen molar-refractivity contribution in [3.63, 3.8) is 0 Å². The molecule has 4 aromatic rings. The third-order valence-electron chi connectivity index (χ3n) is 7.78. The molecule has 0 aliphatic rings. The van der Waals surface area contributed by atoms with E-state index in [4.69, 9.17) is 9.47 Å². The molecule has 0 fully saturated rings. The number of hydrogen-bond donors (Lipinski definition) is 0. The molecule has 1 aromatic heterocycles. The van der Waals surface area contributed by atoms with Crippen LogP contribution < -0.4 is 4.74 Å². The Hall–Kier alpha value is -2.78. The summed E-state index contributed by atoms with van der Waals surface area (Å²) in [4.78, 5) is 0. The lowest BCUT2D eigenvalue weighted by Gasteiger charge is -2.33. The predicted octanol–water partition coefficient (Wildman–Crippen LogP) is 10.1. The fourth-order valence-corrected chi connectivity index (χ4v) is 6.00. The van der Waals surface area contributed by atoms with Crippen molar-refractivity contribution in [2.75, 3.05) is 13.9 Å². The Labute approximate surface area is 236 Å². The molecular formula is C36H49NO2. The summed E-state index contributed by atoms with van der Waals surface area (Å²) >= 11 is 0. The van der Waals surface area contributed by atoms with Crippen LogP contribution in [-0.2, 0) is 21.0 Å². The van der Waals surface area contributed by atoms with Gasteiger partial charge in [0.25, 0.3) is 0 Å². The second-order valence-corrected chi connectivity index (χ2v) is 15.2. The zero-order valence-corrected chi connectivity index (χ0v) is 26.4. The van der Waals surface area contributed by atoms with Crippen molar-refractivity contribution in [3.8, 4) is 11.4 Å². The van der Waals surface area contributed by atoms with E-state index < -0.39 is 0 Å². The average molecular weight is 528 g/mol. The van der Waals surface area contributed by atoms with Crippen LogP contribution in [0.15, 0.2) is 54.6 Å². The van der Waals surface area contributed by atoms with Crippen LogP contribution in [-0.4, -0.2) is 18.5 Å². The van der Waals surface area contributed by atoms with Crippen molar-refractivity contribution in [1.29, 1.82) is 0 Å². The fraction of sp³-hybridized carbons (Fsp3) is 0.500. The van der Waals surface area contributed by atoms with Gasteiger partial charge in [-0.05, 0) is 81.2 Å². The van der Waals surface area contributed by atoms with E-state index in [-0.39, 0.29) is 28.5 Å². The molecular weight excluding hydrogens is 478 g/mol. The number of aromatic nitrogens is 1. The van der Waals surface area contributed by atoms with E-state index in [0.29, 0.717) is 0 Å². The molecule has 0 aliphatic carbocycles. The lowest BCUT2D eigenvalue weighted by molar-refractivity contribution is 0.0511. The molecule has 210 valence electrons. The molecule has 0 saturated heterocycles. The van der Waals surface area contributed by atoms with Crippen LogP contribution in [0, 0.1) is 5.41 Å². The Kier molecular flexibility index (Phi) is 7.49. The summed E-state index contributed by atoms with van der Waals surface area (Å²) in [6, 6.07) is 20.6. The molecule has 0 spiro atoms. The number of rotatable bonds is 6. The standard InChI is InChI=1S/C36H49NO2/c1-33(2,3)22-36(10,11)26-15-18-32(39-23-38-12)31(21-26)37-29-16-13-24(34(4,5)6)19-27(29)28-20-25(35(7,8)9)14-17-30(28)37/h13-21H,22-23H2,1-12H3. The van der Waals surface area contributed by atoms with Crippen molar-refractivity contribution in [2.45, 2.75) is 98.8 Å². The van der Waals surface area contributed by atoms with Crippen LogP contribution in [0.2, 0.25) is 0 Å². The highest BCUT2D eigenvalue weighted by Crippen LogP contribution is 2.42. The van der Waals surface area contributed by atoms with Crippen molar-refractivity contribution in [1.82, 2.24) is 4.57 Å². The summed E-state index contributed by atoms with van der Waals surface area (Å²) in [6.45, 7) is 25.6. The van der Waals surface area contributed by atoms with Gasteiger partial charge in [-0.1, -0.05) is 94.4 Å². The van der Waals surface area contributed by atoms with Crippen molar-refractivity contribution >= 4 is 21.8 Å². The summed E-state index contributed by atoms with van der Waals surface area (Å²) in [5, 5.41) is 2.56. The highest BCUT2D eigenvalue weighted by molar-refractivity contribution is 6.10. The second-order valence-electron chi connectivity index (χ2n) is 15.2. The van der Waals surface area contributed by atoms with Crippen molar-refractivity contribution in [2.24, 2.45) is 5.41 Å². The van der Waals surface area contributed by atoms with E-state index in [9.17, 15) is 0 Å². The highest BCUT2D eigenvalue weighted by atomic mass is 16.7. The molecule has 3 aromatic carbocycles. The largest absolute Gasteiger partial charge is 0.465 e. The normalized spacial score (nSPS) is 13.4. The topological polar surface area (TPSA) is 23.4 Å². The summed E-state index contributed by atoms with van der Waals surface area (Å²) < 4.78 is 13.9. The number of hydrogen-bond acceptors (Lipinski definition) is 2. The van der Waals surface area contributed by atoms with Crippen LogP contribution in [0.1, 0.15) is 99.3 Å². The SMILES string of the molecule is COCOc1ccc(C(C)(C)CC(C)(C)C)cc1-n1c2ccc(C(C)(C)C)cc2c2cc(C(C)(C)C)ccc21. The van der Waals surface area contributed by atoms with E-state index in [0.717, 1.165) is 17.9 Å². The van der Waals surface area contributed by atoms with Crippen LogP contribution >= 0.6 is 0 Å². The van der Waals surface area contributed by atoms with Gasteiger partial charge in [-0.2, -0.15) is 0 Å². The first kappa shape index (κ1) is 29.2. The summed E-state index contributed by atoms with van der Waals surface area (Å²) in [5.41, 5.74) is 7.77. The van der Waals surface area contributed by atoms with Crippen LogP contribution in [0.4, 0.5) is 0 Å². The first-order chi connectivity index (χ1) is 17.9. The Morgan fingerprint density at radius 2 is 1.10 bits per heavy atom. The molecule has 3 heteroatoms. The van der Waals surface area contributed by atoms with Gasteiger partial charge in [0.05, 0.1) is 16.7 Å². The summed E-state index contributed by atoms with van der Waals surface area (Å²) in [5.74, 6) is 0.825. The van der Waals surface area contributed by atoms with Crippen LogP contribution in [0.3, 0.4) is 0 Å². The minimum atomic E-state index is 0.00432. The third-order valence-corrected chi connectivity index (χ3v) is 7.78. The second kappa shape index (κ2) is 10.0. The maximum atomic E-state index is 6.19. The number of fused-ring (bicyclic) bond motifs is 3. The van der Waals surface area contributed by atoms with Gasteiger partial charge in [0.2, 0.25) is 0 Å². The summed E-state index contributed by atoms with van der Waals surface area (Å²) in [7, 11) is 1.67. The van der Waals surface area contributed by atoms with Gasteiger partial charge in [-0.15, -0.1) is 0 Å². The molecule has 0 N–H and O–H groups in total. The van der Waals surface area contributed by atoms with Gasteiger partial charge in [0, 0.05) is 17.9 Å². The van der Waals surface area contributed by atoms with Gasteiger partial charge in [0.15, 0.2) is 6.79 Å². The van der Waals surface area contributed by atoms with E-state index >= 15 is 0 Å². The molecule has 0 unspecified atom stereocenters. The molecule has 0 saturated carbocycles. The zero-order chi connectivity index (χ0) is 29.0. The van der Waals surface area contributed by atoms with Gasteiger partial charge in [-0.25, -0.2) is 0 Å². The van der Waals surface area contributed by atoms with Gasteiger partial charge >= 0.3 is 0 Å². The van der Waals surface area contributed by atoms with E-state index in [1.54, 1.807) is 7.11 Å². The summed E-state index contributed by atoms with van der Waals surface area (Å²) in [6.07, 6.45) is 1.08. The molecule has 0 radical (unpaired) electrons. The molecule has 0 atom stereocenters. The quantitative estimate of drug-likeness (QED) is 0.233. The Morgan fingerprint density at radius 1 is 0.615 bits per heavy atom. The number of nitrogens with zero attached hydrogens (tertiary/aromatic N) is 1. The van der Waals surface area contributed by atoms with Gasteiger partial charge in [0.1, 0.15) is 5.75 Å². The molecule has 3 nitrogen and oxygen atoms in total. The monoisotopic (exact) mass is 527 g/mol. The van der Waals surface area contributed by atoms with Crippen LogP contribution in [0.5, 0.6) is 5.75 Å². The van der Waals surface area contributed by atoms with E-state index in [1.165, 1.54) is 38.5 Å². The van der Waals surface area contributed by atoms with Crippen molar-refractivity contribution < 1.29 is 9.47 Å². The minimum Gasteiger partial charge on any atom is -0.465 e. The van der Waals surface area contributed by atoms with Crippen molar-refractivity contribution in [3.05, 3.63) is 71.3 Å². The minimum absolute atomic E-state index is 0.00432. The lowest BCUT2D eigenvalue weighted by Crippen LogP contribution is -2.25. The smallest absolute Gasteiger partial charge is 0.188 e. The molecule has 39 heavy (non-hydrogen) atoms. The molecule has 0 aliphatic heterocycles. The Bertz CT molecular complexity index is 1410. The first-order valence-corrected chi connectivity index (χ1v) is 14.3. The number of benzene rings is 3. The molecule has 0 bridgehead atoms. The first-order valence-electron chi connectivity index (χ1n) is 14.3. The Balaban J connectivity index is 2.08. The zero-order valence-electron chi connectivity index (χ0n) is 26.4. The lowest BCUT2D eigenvalue weighted by atomic mass is 9.72. The maximum Gasteiger partial charge on any atom is 0.188 e. The number of ether oxygens (including phenoxy) is 2. The van der Waals surface area contributed by atoms with E-state index in [1.807, 2.05) is 0 Å².